The molecule has 1 aliphatic rings. The van der Waals surface area contributed by atoms with Crippen LogP contribution in [0.2, 0.25) is 0 Å². The fourth-order valence-corrected chi connectivity index (χ4v) is 4.74. The highest BCUT2D eigenvalue weighted by Crippen LogP contribution is 2.26. The number of aromatic nitrogens is 3. The van der Waals surface area contributed by atoms with Crippen LogP contribution in [-0.2, 0) is 30.8 Å². The number of hydrogen-bond donors (Lipinski definition) is 2. The zero-order valence-electron chi connectivity index (χ0n) is 20.9. The second kappa shape index (κ2) is 11.1. The molecule has 3 heterocycles. The van der Waals surface area contributed by atoms with Crippen molar-refractivity contribution in [3.05, 3.63) is 118 Å². The first-order valence-corrected chi connectivity index (χ1v) is 12.3. The van der Waals surface area contributed by atoms with Gasteiger partial charge in [-0.3, -0.25) is 14.5 Å². The van der Waals surface area contributed by atoms with Gasteiger partial charge in [-0.1, -0.05) is 42.5 Å². The van der Waals surface area contributed by atoms with Crippen LogP contribution in [0.15, 0.2) is 79.1 Å². The predicted octanol–water partition coefficient (Wildman–Crippen LogP) is 2.32. The lowest BCUT2D eigenvalue weighted by molar-refractivity contribution is -0.128. The number of nitrogens with zero attached hydrogens (tertiary/aromatic N) is 5. The Bertz CT molecular complexity index is 1490. The average molecular weight is 530 g/mol. The standard InChI is InChI=1S/C28H26FN6O4/c29-23-10-4-8-19-15-33(17-22(19)23)16-20-11-13-34(32-20)27-21(9-5-12-31-27)28(38)35(39)24(25(36)26(30)37)14-18-6-2-1-3-7-18/h1-13,24-25,36H,14-17H2,(H2,30,37)/q-1. The molecule has 0 radical (unpaired) electrons. The van der Waals surface area contributed by atoms with Gasteiger partial charge in [-0.25, -0.2) is 14.1 Å². The maximum absolute atomic E-state index is 14.1. The summed E-state index contributed by atoms with van der Waals surface area (Å²) in [5.74, 6) is -2.23. The molecule has 39 heavy (non-hydrogen) atoms. The van der Waals surface area contributed by atoms with Gasteiger partial charge in [-0.05, 0) is 41.8 Å². The molecule has 0 aliphatic carbocycles. The lowest BCUT2D eigenvalue weighted by Crippen LogP contribution is -2.50. The van der Waals surface area contributed by atoms with Crippen LogP contribution in [0, 0.1) is 11.0 Å². The number of aliphatic hydroxyl groups excluding tert-OH is 1. The first-order valence-electron chi connectivity index (χ1n) is 12.3. The molecule has 2 aromatic carbocycles. The molecule has 10 nitrogen and oxygen atoms in total. The summed E-state index contributed by atoms with van der Waals surface area (Å²) in [5.41, 5.74) is 8.13. The SMILES string of the molecule is NC(=O)C(O)C(Cc1ccccc1)N([O-])C(=O)c1cccnc1-n1ccc(CN2Cc3cccc(F)c3C2)n1. The molecule has 5 rings (SSSR count). The van der Waals surface area contributed by atoms with Crippen molar-refractivity contribution < 1.29 is 19.1 Å². The molecule has 4 aromatic rings. The predicted molar refractivity (Wildman–Crippen MR) is 139 cm³/mol. The largest absolute Gasteiger partial charge is 0.756 e. The van der Waals surface area contributed by atoms with Crippen molar-refractivity contribution in [1.82, 2.24) is 24.7 Å². The number of halogens is 1. The summed E-state index contributed by atoms with van der Waals surface area (Å²) in [6.45, 7) is 1.48. The number of carbonyl (C=O) groups excluding carboxylic acids is 2. The number of benzene rings is 2. The van der Waals surface area contributed by atoms with Gasteiger partial charge in [-0.15, -0.1) is 0 Å². The van der Waals surface area contributed by atoms with Crippen molar-refractivity contribution in [3.8, 4) is 5.82 Å². The Labute approximate surface area is 223 Å². The van der Waals surface area contributed by atoms with E-state index < -0.39 is 24.0 Å². The van der Waals surface area contributed by atoms with Gasteiger partial charge in [0.2, 0.25) is 11.8 Å². The number of carbonyl (C=O) groups is 2. The minimum Gasteiger partial charge on any atom is -0.756 e. The normalized spacial score (nSPS) is 14.5. The number of pyridine rings is 1. The lowest BCUT2D eigenvalue weighted by atomic mass is 10.00. The molecule has 2 aromatic heterocycles. The van der Waals surface area contributed by atoms with E-state index in [0.717, 1.165) is 5.56 Å². The molecule has 200 valence electrons. The van der Waals surface area contributed by atoms with Crippen molar-refractivity contribution in [2.24, 2.45) is 5.73 Å². The number of hydrogen-bond acceptors (Lipinski definition) is 7. The van der Waals surface area contributed by atoms with E-state index >= 15 is 0 Å². The van der Waals surface area contributed by atoms with E-state index in [1.54, 1.807) is 48.7 Å². The lowest BCUT2D eigenvalue weighted by Gasteiger charge is -2.39. The van der Waals surface area contributed by atoms with E-state index in [4.69, 9.17) is 5.73 Å². The quantitative estimate of drug-likeness (QED) is 0.317. The Kier molecular flexibility index (Phi) is 7.46. The number of fused-ring (bicyclic) bond motifs is 1. The highest BCUT2D eigenvalue weighted by atomic mass is 19.1. The van der Waals surface area contributed by atoms with E-state index in [-0.39, 0.29) is 28.7 Å². The number of hydroxylamine groups is 2. The molecule has 0 saturated carbocycles. The van der Waals surface area contributed by atoms with Crippen LogP contribution < -0.4 is 5.73 Å². The summed E-state index contributed by atoms with van der Waals surface area (Å²) < 4.78 is 15.5. The summed E-state index contributed by atoms with van der Waals surface area (Å²) in [6, 6.07) is 17.0. The van der Waals surface area contributed by atoms with Crippen LogP contribution in [-0.4, -0.2) is 53.8 Å². The third kappa shape index (κ3) is 5.55. The van der Waals surface area contributed by atoms with Crippen molar-refractivity contribution in [1.29, 1.82) is 0 Å². The van der Waals surface area contributed by atoms with Crippen molar-refractivity contribution in [3.63, 3.8) is 0 Å². The van der Waals surface area contributed by atoms with Gasteiger partial charge in [0, 0.05) is 37.6 Å². The number of primary amides is 1. The maximum Gasteiger partial charge on any atom is 0.248 e. The molecule has 3 N–H and O–H groups in total. The molecule has 11 heteroatoms. The van der Waals surface area contributed by atoms with E-state index in [9.17, 15) is 24.3 Å². The number of amides is 2. The number of nitrogens with two attached hydrogens (primary N) is 1. The van der Waals surface area contributed by atoms with Crippen LogP contribution in [0.4, 0.5) is 4.39 Å². The topological polar surface area (TPSA) is 141 Å². The van der Waals surface area contributed by atoms with Crippen LogP contribution >= 0.6 is 0 Å². The van der Waals surface area contributed by atoms with Gasteiger partial charge in [0.25, 0.3) is 0 Å². The Morgan fingerprint density at radius 3 is 2.62 bits per heavy atom. The van der Waals surface area contributed by atoms with E-state index in [2.05, 4.69) is 10.1 Å². The second-order valence-corrected chi connectivity index (χ2v) is 9.38. The first-order chi connectivity index (χ1) is 18.8. The molecular weight excluding hydrogens is 503 g/mol. The van der Waals surface area contributed by atoms with Gasteiger partial charge < -0.3 is 21.1 Å². The fraction of sp³-hybridized carbons (Fsp3) is 0.214. The first kappa shape index (κ1) is 26.2. The van der Waals surface area contributed by atoms with E-state index in [1.165, 1.54) is 29.1 Å². The maximum atomic E-state index is 14.1. The molecule has 0 fully saturated rings. The zero-order chi connectivity index (χ0) is 27.5. The highest BCUT2D eigenvalue weighted by Gasteiger charge is 2.30. The van der Waals surface area contributed by atoms with Crippen molar-refractivity contribution >= 4 is 11.8 Å². The molecule has 0 bridgehead atoms. The fourth-order valence-electron chi connectivity index (χ4n) is 4.74. The smallest absolute Gasteiger partial charge is 0.248 e. The van der Waals surface area contributed by atoms with Crippen molar-refractivity contribution in [2.75, 3.05) is 0 Å². The van der Waals surface area contributed by atoms with Crippen LogP contribution in [0.1, 0.15) is 32.7 Å². The van der Waals surface area contributed by atoms with Crippen LogP contribution in [0.5, 0.6) is 0 Å². The molecule has 1 aliphatic heterocycles. The summed E-state index contributed by atoms with van der Waals surface area (Å²) >= 11 is 0. The minimum atomic E-state index is -1.88. The minimum absolute atomic E-state index is 0.0625. The van der Waals surface area contributed by atoms with Gasteiger partial charge in [0.05, 0.1) is 17.3 Å². The molecule has 0 saturated heterocycles. The van der Waals surface area contributed by atoms with Gasteiger partial charge in [0.1, 0.15) is 5.82 Å². The summed E-state index contributed by atoms with van der Waals surface area (Å²) in [4.78, 5) is 31.4. The Morgan fingerprint density at radius 2 is 1.87 bits per heavy atom. The van der Waals surface area contributed by atoms with Crippen molar-refractivity contribution in [2.45, 2.75) is 38.2 Å². The Balaban J connectivity index is 1.36. The number of rotatable bonds is 9. The average Bonchev–Trinajstić information content (AvgIpc) is 3.59. The van der Waals surface area contributed by atoms with Gasteiger partial charge in [-0.2, -0.15) is 5.10 Å². The third-order valence-corrected chi connectivity index (χ3v) is 6.70. The number of aliphatic hydroxyl groups is 1. The molecule has 2 atom stereocenters. The monoisotopic (exact) mass is 529 g/mol. The Morgan fingerprint density at radius 1 is 1.08 bits per heavy atom. The molecule has 0 spiro atoms. The van der Waals surface area contributed by atoms with Crippen LogP contribution in [0.25, 0.3) is 5.82 Å². The van der Waals surface area contributed by atoms with Crippen LogP contribution in [0.3, 0.4) is 0 Å². The second-order valence-electron chi connectivity index (χ2n) is 9.38. The summed E-state index contributed by atoms with van der Waals surface area (Å²) in [5, 5.41) is 28.2. The summed E-state index contributed by atoms with van der Waals surface area (Å²) in [6.07, 6.45) is 1.12. The zero-order valence-corrected chi connectivity index (χ0v) is 20.9. The molecular formula is C28H26FN6O4-. The molecule has 2 unspecified atom stereocenters. The van der Waals surface area contributed by atoms with E-state index in [0.29, 0.717) is 36.5 Å². The van der Waals surface area contributed by atoms with Gasteiger partial charge in [0.15, 0.2) is 11.9 Å². The van der Waals surface area contributed by atoms with E-state index in [1.807, 2.05) is 11.0 Å². The third-order valence-electron chi connectivity index (χ3n) is 6.70. The highest BCUT2D eigenvalue weighted by molar-refractivity contribution is 5.98. The van der Waals surface area contributed by atoms with Gasteiger partial charge >= 0.3 is 0 Å². The summed E-state index contributed by atoms with van der Waals surface area (Å²) in [7, 11) is 0. The Hall–Kier alpha value is -4.45. The molecule has 2 amide bonds.